The van der Waals surface area contributed by atoms with E-state index in [1.54, 1.807) is 31.2 Å². The van der Waals surface area contributed by atoms with Crippen LogP contribution in [0.25, 0.3) is 0 Å². The third kappa shape index (κ3) is 2.53. The topological polar surface area (TPSA) is 67.2 Å². The molecule has 4 nitrogen and oxygen atoms in total. The number of carbonyl (C=O) groups excluding carboxylic acids is 2. The Labute approximate surface area is 93.7 Å². The van der Waals surface area contributed by atoms with Crippen LogP contribution in [-0.2, 0) is 4.79 Å². The van der Waals surface area contributed by atoms with Gasteiger partial charge in [-0.1, -0.05) is 6.92 Å². The van der Waals surface area contributed by atoms with Crippen LogP contribution in [0.1, 0.15) is 23.7 Å². The number of carbonyl (C=O) groups is 2. The molecule has 0 saturated heterocycles. The summed E-state index contributed by atoms with van der Waals surface area (Å²) in [5.74, 6) is -0.361. The lowest BCUT2D eigenvalue weighted by Crippen LogP contribution is -2.22. The maximum atomic E-state index is 11.7. The Balaban J connectivity index is 2.88. The molecular weight excluding hydrogens is 206 g/mol. The third-order valence-electron chi connectivity index (χ3n) is 2.18. The zero-order chi connectivity index (χ0) is 12.1. The molecular formula is C12H13NO3. The van der Waals surface area contributed by atoms with Crippen molar-refractivity contribution in [2.75, 3.05) is 7.11 Å². The average Bonchev–Trinajstić information content (AvgIpc) is 2.36. The van der Waals surface area contributed by atoms with Crippen molar-refractivity contribution >= 4 is 17.3 Å². The molecule has 0 radical (unpaired) electrons. The number of hydrogen-bond acceptors (Lipinski definition) is 4. The van der Waals surface area contributed by atoms with Crippen molar-refractivity contribution < 1.29 is 14.3 Å². The Morgan fingerprint density at radius 2 is 1.81 bits per heavy atom. The number of ether oxygens (including phenoxy) is 1. The first-order valence-electron chi connectivity index (χ1n) is 4.90. The largest absolute Gasteiger partial charge is 0.497 e. The van der Waals surface area contributed by atoms with Gasteiger partial charge >= 0.3 is 0 Å². The maximum Gasteiger partial charge on any atom is 0.214 e. The molecule has 0 spiro atoms. The van der Waals surface area contributed by atoms with E-state index in [0.717, 1.165) is 0 Å². The molecule has 0 atom stereocenters. The van der Waals surface area contributed by atoms with Gasteiger partial charge in [-0.25, -0.2) is 0 Å². The molecule has 0 aliphatic heterocycles. The van der Waals surface area contributed by atoms with Crippen molar-refractivity contribution in [3.05, 3.63) is 29.8 Å². The van der Waals surface area contributed by atoms with Gasteiger partial charge in [0.15, 0.2) is 5.78 Å². The van der Waals surface area contributed by atoms with Gasteiger partial charge in [0, 0.05) is 12.0 Å². The fraction of sp³-hybridized carbons (Fsp3) is 0.250. The average molecular weight is 219 g/mol. The molecule has 0 aliphatic rings. The molecule has 0 amide bonds. The lowest BCUT2D eigenvalue weighted by molar-refractivity contribution is -0.112. The summed E-state index contributed by atoms with van der Waals surface area (Å²) in [5.41, 5.74) is -0.139. The van der Waals surface area contributed by atoms with Crippen LogP contribution in [0.5, 0.6) is 5.75 Å². The monoisotopic (exact) mass is 219 g/mol. The Kier molecular flexibility index (Phi) is 3.94. The fourth-order valence-electron chi connectivity index (χ4n) is 1.19. The van der Waals surface area contributed by atoms with Crippen molar-refractivity contribution in [1.29, 1.82) is 5.41 Å². The van der Waals surface area contributed by atoms with Crippen molar-refractivity contribution in [2.45, 2.75) is 13.3 Å². The SMILES string of the molecule is CCC(=O)C(=N)C(=O)c1ccc(OC)cc1. The highest BCUT2D eigenvalue weighted by Gasteiger charge is 2.17. The van der Waals surface area contributed by atoms with Crippen LogP contribution in [0.4, 0.5) is 0 Å². The Morgan fingerprint density at radius 3 is 2.25 bits per heavy atom. The number of hydrogen-bond donors (Lipinski definition) is 1. The second kappa shape index (κ2) is 5.21. The van der Waals surface area contributed by atoms with Crippen LogP contribution in [0.2, 0.25) is 0 Å². The molecule has 84 valence electrons. The molecule has 0 heterocycles. The van der Waals surface area contributed by atoms with E-state index in [4.69, 9.17) is 10.1 Å². The van der Waals surface area contributed by atoms with Gasteiger partial charge in [-0.15, -0.1) is 0 Å². The normalized spacial score (nSPS) is 9.62. The highest BCUT2D eigenvalue weighted by atomic mass is 16.5. The van der Waals surface area contributed by atoms with Gasteiger partial charge in [-0.3, -0.25) is 15.0 Å². The van der Waals surface area contributed by atoms with Gasteiger partial charge in [0.2, 0.25) is 5.78 Å². The lowest BCUT2D eigenvalue weighted by Gasteiger charge is -2.02. The van der Waals surface area contributed by atoms with E-state index in [2.05, 4.69) is 0 Å². The second-order valence-electron chi connectivity index (χ2n) is 3.21. The molecule has 0 fully saturated rings. The number of nitrogens with one attached hydrogen (secondary N) is 1. The quantitative estimate of drug-likeness (QED) is 0.467. The zero-order valence-electron chi connectivity index (χ0n) is 9.24. The number of rotatable bonds is 5. The first kappa shape index (κ1) is 12.1. The van der Waals surface area contributed by atoms with Gasteiger partial charge in [-0.05, 0) is 24.3 Å². The van der Waals surface area contributed by atoms with E-state index >= 15 is 0 Å². The van der Waals surface area contributed by atoms with Crippen LogP contribution >= 0.6 is 0 Å². The molecule has 1 N–H and O–H groups in total. The Morgan fingerprint density at radius 1 is 1.25 bits per heavy atom. The molecule has 0 aliphatic carbocycles. The summed E-state index contributed by atoms with van der Waals surface area (Å²) in [6.45, 7) is 1.62. The summed E-state index contributed by atoms with van der Waals surface area (Å²) in [7, 11) is 1.53. The predicted molar refractivity (Wildman–Crippen MR) is 60.3 cm³/mol. The van der Waals surface area contributed by atoms with E-state index in [1.165, 1.54) is 7.11 Å². The first-order chi connectivity index (χ1) is 7.60. The van der Waals surface area contributed by atoms with Gasteiger partial charge in [-0.2, -0.15) is 0 Å². The van der Waals surface area contributed by atoms with Gasteiger partial charge in [0.05, 0.1) is 7.11 Å². The summed E-state index contributed by atoms with van der Waals surface area (Å²) in [5, 5.41) is 7.41. The first-order valence-corrected chi connectivity index (χ1v) is 4.90. The van der Waals surface area contributed by atoms with E-state index in [1.807, 2.05) is 0 Å². The van der Waals surface area contributed by atoms with Crippen LogP contribution in [0, 0.1) is 5.41 Å². The predicted octanol–water partition coefficient (Wildman–Crippen LogP) is 1.88. The number of benzene rings is 1. The van der Waals surface area contributed by atoms with Gasteiger partial charge in [0.25, 0.3) is 0 Å². The van der Waals surface area contributed by atoms with Crippen LogP contribution in [0.3, 0.4) is 0 Å². The summed E-state index contributed by atoms with van der Waals surface area (Å²) >= 11 is 0. The van der Waals surface area contributed by atoms with Gasteiger partial charge in [0.1, 0.15) is 11.5 Å². The molecule has 1 aromatic rings. The molecule has 0 bridgehead atoms. The molecule has 4 heteroatoms. The molecule has 0 saturated carbocycles. The maximum absolute atomic E-state index is 11.7. The summed E-state index contributed by atoms with van der Waals surface area (Å²) in [6.07, 6.45) is 0.167. The van der Waals surface area contributed by atoms with E-state index in [9.17, 15) is 9.59 Å². The van der Waals surface area contributed by atoms with Crippen molar-refractivity contribution in [3.8, 4) is 5.75 Å². The highest BCUT2D eigenvalue weighted by molar-refractivity contribution is 6.68. The van der Waals surface area contributed by atoms with Crippen molar-refractivity contribution in [3.63, 3.8) is 0 Å². The van der Waals surface area contributed by atoms with Crippen molar-refractivity contribution in [1.82, 2.24) is 0 Å². The van der Waals surface area contributed by atoms with Crippen LogP contribution < -0.4 is 4.74 Å². The molecule has 1 rings (SSSR count). The number of Topliss-reactive ketones (excluding diaryl/α,β-unsaturated/α-hetero) is 2. The Hall–Kier alpha value is -1.97. The fourth-order valence-corrected chi connectivity index (χ4v) is 1.19. The van der Waals surface area contributed by atoms with E-state index in [-0.39, 0.29) is 6.42 Å². The van der Waals surface area contributed by atoms with E-state index < -0.39 is 17.3 Å². The molecule has 0 unspecified atom stereocenters. The standard InChI is InChI=1S/C12H13NO3/c1-3-10(14)11(13)12(15)8-4-6-9(16-2)7-5-8/h4-7,13H,3H2,1-2H3. The summed E-state index contributed by atoms with van der Waals surface area (Å²) < 4.78 is 4.95. The molecule has 0 aromatic heterocycles. The molecule has 16 heavy (non-hydrogen) atoms. The number of ketones is 2. The smallest absolute Gasteiger partial charge is 0.214 e. The minimum Gasteiger partial charge on any atom is -0.497 e. The van der Waals surface area contributed by atoms with Gasteiger partial charge < -0.3 is 4.74 Å². The second-order valence-corrected chi connectivity index (χ2v) is 3.21. The zero-order valence-corrected chi connectivity index (χ0v) is 9.24. The Bertz CT molecular complexity index is 420. The highest BCUT2D eigenvalue weighted by Crippen LogP contribution is 2.12. The third-order valence-corrected chi connectivity index (χ3v) is 2.18. The summed E-state index contributed by atoms with van der Waals surface area (Å²) in [6, 6.07) is 6.32. The van der Waals surface area contributed by atoms with E-state index in [0.29, 0.717) is 11.3 Å². The minimum absolute atomic E-state index is 0.167. The minimum atomic E-state index is -0.547. The number of methoxy groups -OCH3 is 1. The van der Waals surface area contributed by atoms with Crippen LogP contribution in [-0.4, -0.2) is 24.4 Å². The van der Waals surface area contributed by atoms with Crippen molar-refractivity contribution in [2.24, 2.45) is 0 Å². The molecule has 1 aromatic carbocycles. The van der Waals surface area contributed by atoms with Crippen LogP contribution in [0.15, 0.2) is 24.3 Å². The summed E-state index contributed by atoms with van der Waals surface area (Å²) in [4.78, 5) is 22.8. The lowest BCUT2D eigenvalue weighted by atomic mass is 10.0.